The first-order valence-electron chi connectivity index (χ1n) is 8.17. The third kappa shape index (κ3) is 2.60. The second-order valence-corrected chi connectivity index (χ2v) is 7.26. The molecule has 0 aromatic carbocycles. The summed E-state index contributed by atoms with van der Waals surface area (Å²) < 4.78 is 1.55. The van der Waals surface area contributed by atoms with Crippen LogP contribution in [-0.4, -0.2) is 32.9 Å². The predicted octanol–water partition coefficient (Wildman–Crippen LogP) is 0.795. The highest BCUT2D eigenvalue weighted by Crippen LogP contribution is 2.55. The Bertz CT molecular complexity index is 612. The van der Waals surface area contributed by atoms with E-state index in [4.69, 9.17) is 0 Å². The number of carbonyl (C=O) groups is 1. The Morgan fingerprint density at radius 2 is 2.27 bits per heavy atom. The van der Waals surface area contributed by atoms with Gasteiger partial charge in [0.15, 0.2) is 0 Å². The van der Waals surface area contributed by atoms with Gasteiger partial charge < -0.3 is 10.4 Å². The van der Waals surface area contributed by atoms with Crippen molar-refractivity contribution < 1.29 is 9.90 Å². The van der Waals surface area contributed by atoms with Crippen LogP contribution >= 0.6 is 0 Å². The normalized spacial score (nSPS) is 25.8. The number of rotatable bonds is 5. The molecule has 122 valence electrons. The van der Waals surface area contributed by atoms with Crippen molar-refractivity contribution in [1.29, 1.82) is 0 Å². The van der Waals surface area contributed by atoms with Gasteiger partial charge in [0.2, 0.25) is 5.91 Å². The number of hydrogen-bond acceptors (Lipinski definition) is 3. The van der Waals surface area contributed by atoms with Gasteiger partial charge in [-0.2, -0.15) is 0 Å². The van der Waals surface area contributed by atoms with Gasteiger partial charge in [-0.3, -0.25) is 19.4 Å². The van der Waals surface area contributed by atoms with Crippen LogP contribution in [0.3, 0.4) is 0 Å². The maximum absolute atomic E-state index is 12.2. The topological polar surface area (TPSA) is 87.1 Å². The quantitative estimate of drug-likeness (QED) is 0.752. The van der Waals surface area contributed by atoms with Crippen LogP contribution in [0.4, 0.5) is 0 Å². The van der Waals surface area contributed by atoms with Crippen LogP contribution in [0.1, 0.15) is 45.2 Å². The van der Waals surface area contributed by atoms with Crippen molar-refractivity contribution in [3.63, 3.8) is 0 Å². The van der Waals surface area contributed by atoms with Gasteiger partial charge in [-0.15, -0.1) is 0 Å². The van der Waals surface area contributed by atoms with Crippen LogP contribution in [0.15, 0.2) is 10.9 Å². The van der Waals surface area contributed by atoms with Gasteiger partial charge >= 0.3 is 0 Å². The highest BCUT2D eigenvalue weighted by Gasteiger charge is 2.58. The number of H-pyrrole nitrogens is 1. The lowest BCUT2D eigenvalue weighted by molar-refractivity contribution is -0.153. The molecule has 0 aliphatic heterocycles. The lowest BCUT2D eigenvalue weighted by Crippen LogP contribution is -2.67. The molecule has 2 atom stereocenters. The second kappa shape index (κ2) is 5.57. The maximum atomic E-state index is 12.2. The fourth-order valence-corrected chi connectivity index (χ4v) is 3.73. The number of aliphatic hydroxyl groups excluding tert-OH is 1. The number of amides is 1. The lowest BCUT2D eigenvalue weighted by atomic mass is 9.51. The first-order chi connectivity index (χ1) is 10.4. The van der Waals surface area contributed by atoms with Crippen LogP contribution in [0, 0.1) is 11.3 Å². The van der Waals surface area contributed by atoms with Gasteiger partial charge in [0.25, 0.3) is 5.56 Å². The summed E-state index contributed by atoms with van der Waals surface area (Å²) >= 11 is 0. The van der Waals surface area contributed by atoms with Gasteiger partial charge in [-0.1, -0.05) is 20.3 Å². The van der Waals surface area contributed by atoms with E-state index in [-0.39, 0.29) is 35.4 Å². The van der Waals surface area contributed by atoms with Crippen molar-refractivity contribution in [3.05, 3.63) is 22.1 Å². The fraction of sp³-hybridized carbons (Fsp3) is 0.750. The van der Waals surface area contributed by atoms with Gasteiger partial charge in [0, 0.05) is 29.8 Å². The summed E-state index contributed by atoms with van der Waals surface area (Å²) in [6.45, 7) is 4.71. The predicted molar refractivity (Wildman–Crippen MR) is 82.4 cm³/mol. The number of aromatic nitrogens is 2. The van der Waals surface area contributed by atoms with Crippen LogP contribution in [0.5, 0.6) is 0 Å². The molecule has 1 aromatic rings. The van der Waals surface area contributed by atoms with E-state index in [0.717, 1.165) is 19.3 Å². The summed E-state index contributed by atoms with van der Waals surface area (Å²) in [5.41, 5.74) is 0.490. The van der Waals surface area contributed by atoms with Crippen molar-refractivity contribution in [2.24, 2.45) is 11.3 Å². The summed E-state index contributed by atoms with van der Waals surface area (Å²) in [6, 6.07) is 1.59. The second-order valence-electron chi connectivity index (χ2n) is 7.26. The summed E-state index contributed by atoms with van der Waals surface area (Å²) in [6.07, 6.45) is 3.70. The van der Waals surface area contributed by atoms with Crippen LogP contribution < -0.4 is 10.9 Å². The molecule has 3 N–H and O–H groups in total. The first kappa shape index (κ1) is 15.3. The lowest BCUT2D eigenvalue weighted by Gasteiger charge is -2.59. The molecular formula is C16H25N3O3. The minimum absolute atomic E-state index is 0.0629. The molecule has 2 aliphatic carbocycles. The summed E-state index contributed by atoms with van der Waals surface area (Å²) in [5, 5.41) is 15.9. The van der Waals surface area contributed by atoms with Gasteiger partial charge in [-0.05, 0) is 25.2 Å². The van der Waals surface area contributed by atoms with Gasteiger partial charge in [0.05, 0.1) is 12.5 Å². The van der Waals surface area contributed by atoms with E-state index in [9.17, 15) is 14.7 Å². The summed E-state index contributed by atoms with van der Waals surface area (Å²) in [5.74, 6) is 0.286. The number of aromatic amines is 1. The molecular weight excluding hydrogens is 282 g/mol. The molecule has 0 saturated heterocycles. The van der Waals surface area contributed by atoms with Crippen LogP contribution in [0.2, 0.25) is 0 Å². The minimum Gasteiger partial charge on any atom is -0.392 e. The molecule has 0 bridgehead atoms. The Labute approximate surface area is 129 Å². The first-order valence-corrected chi connectivity index (χ1v) is 8.17. The fourth-order valence-electron chi connectivity index (χ4n) is 3.73. The monoisotopic (exact) mass is 307 g/mol. The molecule has 6 heteroatoms. The van der Waals surface area contributed by atoms with Gasteiger partial charge in [-0.25, -0.2) is 0 Å². The minimum atomic E-state index is -0.265. The largest absolute Gasteiger partial charge is 0.392 e. The van der Waals surface area contributed by atoms with Crippen LogP contribution in [-0.2, 0) is 17.8 Å². The Balaban J connectivity index is 1.57. The van der Waals surface area contributed by atoms with E-state index < -0.39 is 0 Å². The molecule has 3 rings (SSSR count). The van der Waals surface area contributed by atoms with E-state index >= 15 is 0 Å². The molecule has 2 saturated carbocycles. The average Bonchev–Trinajstić information content (AvgIpc) is 2.65. The van der Waals surface area contributed by atoms with E-state index in [1.807, 2.05) is 13.8 Å². The number of hydrogen-bond donors (Lipinski definition) is 3. The van der Waals surface area contributed by atoms with Crippen molar-refractivity contribution >= 4 is 5.91 Å². The highest BCUT2D eigenvalue weighted by atomic mass is 16.3. The Morgan fingerprint density at radius 3 is 2.82 bits per heavy atom. The Morgan fingerprint density at radius 1 is 1.55 bits per heavy atom. The molecule has 6 nitrogen and oxygen atoms in total. The number of nitrogens with zero attached hydrogens (tertiary/aromatic N) is 1. The van der Waals surface area contributed by atoms with Gasteiger partial charge in [0.1, 0.15) is 0 Å². The molecule has 1 heterocycles. The smallest absolute Gasteiger partial charge is 0.266 e. The standard InChI is InChI=1S/C16H25N3O3/c1-10(2)9-19-15(22)7-11(18-19)6-14(21)17-12-8-13(20)16(12)4-3-5-16/h7,10,12-13,18,20H,3-6,8-9H2,1-2H3,(H,17,21). The average molecular weight is 307 g/mol. The van der Waals surface area contributed by atoms with Crippen molar-refractivity contribution in [2.75, 3.05) is 0 Å². The number of nitrogens with one attached hydrogen (secondary N) is 2. The molecule has 0 radical (unpaired) electrons. The van der Waals surface area contributed by atoms with E-state index in [2.05, 4.69) is 10.4 Å². The molecule has 2 fully saturated rings. The van der Waals surface area contributed by atoms with Crippen molar-refractivity contribution in [3.8, 4) is 0 Å². The molecule has 2 unspecified atom stereocenters. The third-order valence-corrected chi connectivity index (χ3v) is 5.18. The van der Waals surface area contributed by atoms with E-state index in [0.29, 0.717) is 24.6 Å². The number of aliphatic hydroxyl groups is 1. The zero-order valence-electron chi connectivity index (χ0n) is 13.3. The zero-order chi connectivity index (χ0) is 15.9. The molecule has 1 aromatic heterocycles. The zero-order valence-corrected chi connectivity index (χ0v) is 13.3. The molecule has 1 spiro atoms. The summed E-state index contributed by atoms with van der Waals surface area (Å²) in [7, 11) is 0. The van der Waals surface area contributed by atoms with Crippen molar-refractivity contribution in [1.82, 2.24) is 15.1 Å². The summed E-state index contributed by atoms with van der Waals surface area (Å²) in [4.78, 5) is 24.0. The molecule has 2 aliphatic rings. The molecule has 1 amide bonds. The van der Waals surface area contributed by atoms with Crippen LogP contribution in [0.25, 0.3) is 0 Å². The van der Waals surface area contributed by atoms with Crippen molar-refractivity contribution in [2.45, 2.75) is 64.6 Å². The Hall–Kier alpha value is -1.56. The van der Waals surface area contributed by atoms with E-state index in [1.165, 1.54) is 6.07 Å². The van der Waals surface area contributed by atoms with E-state index in [1.54, 1.807) is 4.68 Å². The maximum Gasteiger partial charge on any atom is 0.266 e. The number of carbonyl (C=O) groups excluding carboxylic acids is 1. The Kier molecular flexibility index (Phi) is 3.89. The molecule has 22 heavy (non-hydrogen) atoms. The third-order valence-electron chi connectivity index (χ3n) is 5.18. The highest BCUT2D eigenvalue weighted by molar-refractivity contribution is 5.78. The SMILES string of the molecule is CC(C)Cn1[nH]c(CC(=O)NC2CC(O)C23CCC3)cc1=O.